The predicted octanol–water partition coefficient (Wildman–Crippen LogP) is 1.52. The van der Waals surface area contributed by atoms with Gasteiger partial charge in [0.2, 0.25) is 10.0 Å². The number of sulfonamides is 1. The molecule has 0 bridgehead atoms. The van der Waals surface area contributed by atoms with Crippen LogP contribution in [-0.4, -0.2) is 41.9 Å². The first-order chi connectivity index (χ1) is 9.84. The van der Waals surface area contributed by atoms with Crippen molar-refractivity contribution in [2.24, 2.45) is 0 Å². The van der Waals surface area contributed by atoms with Gasteiger partial charge in [-0.25, -0.2) is 8.42 Å². The van der Waals surface area contributed by atoms with Gasteiger partial charge in [-0.2, -0.15) is 4.31 Å². The molecule has 0 spiro atoms. The molecule has 1 N–H and O–H groups in total. The Morgan fingerprint density at radius 1 is 1.33 bits per heavy atom. The van der Waals surface area contributed by atoms with E-state index < -0.39 is 27.1 Å². The Morgan fingerprint density at radius 3 is 2.62 bits per heavy atom. The van der Waals surface area contributed by atoms with Gasteiger partial charge >= 0.3 is 0 Å². The zero-order chi connectivity index (χ0) is 15.6. The highest BCUT2D eigenvalue weighted by atomic mass is 32.2. The number of aliphatic hydroxyl groups excluding tert-OH is 1. The Balaban J connectivity index is 2.32. The van der Waals surface area contributed by atoms with Crippen LogP contribution < -0.4 is 0 Å². The maximum Gasteiger partial charge on any atom is 0.270 e. The van der Waals surface area contributed by atoms with Crippen LogP contribution in [0.3, 0.4) is 0 Å². The van der Waals surface area contributed by atoms with Crippen LogP contribution in [0, 0.1) is 10.1 Å². The summed E-state index contributed by atoms with van der Waals surface area (Å²) >= 11 is 0. The quantitative estimate of drug-likeness (QED) is 0.670. The van der Waals surface area contributed by atoms with Crippen LogP contribution in [0.4, 0.5) is 5.69 Å². The van der Waals surface area contributed by atoms with Crippen LogP contribution in [0.1, 0.15) is 25.7 Å². The van der Waals surface area contributed by atoms with E-state index in [9.17, 15) is 23.6 Å². The third-order valence-electron chi connectivity index (χ3n) is 3.87. The van der Waals surface area contributed by atoms with Gasteiger partial charge in [0.1, 0.15) is 0 Å². The van der Waals surface area contributed by atoms with Gasteiger partial charge in [0, 0.05) is 19.2 Å². The molecule has 116 valence electrons. The summed E-state index contributed by atoms with van der Waals surface area (Å²) in [6.45, 7) is 0. The molecule has 8 heteroatoms. The molecule has 0 heterocycles. The maximum atomic E-state index is 12.5. The first-order valence-electron chi connectivity index (χ1n) is 6.74. The summed E-state index contributed by atoms with van der Waals surface area (Å²) in [6.07, 6.45) is 2.20. The van der Waals surface area contributed by atoms with Gasteiger partial charge in [0.05, 0.1) is 22.0 Å². The Labute approximate surface area is 123 Å². The molecule has 1 aliphatic carbocycles. The molecule has 1 saturated carbocycles. The second kappa shape index (κ2) is 6.08. The Kier molecular flexibility index (Phi) is 4.60. The van der Waals surface area contributed by atoms with E-state index in [0.717, 1.165) is 23.2 Å². The van der Waals surface area contributed by atoms with Crippen molar-refractivity contribution < 1.29 is 18.4 Å². The standard InChI is InChI=1S/C13H18N2O5S/c1-14(12-7-2-3-8-13(12)16)21(19,20)11-6-4-5-10(9-11)15(17)18/h4-6,9,12-13,16H,2-3,7-8H2,1H3/t12-,13-/m1/s1. The highest BCUT2D eigenvalue weighted by Crippen LogP contribution is 2.28. The van der Waals surface area contributed by atoms with Crippen molar-refractivity contribution in [1.29, 1.82) is 0 Å². The summed E-state index contributed by atoms with van der Waals surface area (Å²) < 4.78 is 26.2. The van der Waals surface area contributed by atoms with Gasteiger partial charge in [-0.1, -0.05) is 18.9 Å². The van der Waals surface area contributed by atoms with Crippen molar-refractivity contribution in [2.45, 2.75) is 42.7 Å². The second-order valence-electron chi connectivity index (χ2n) is 5.19. The lowest BCUT2D eigenvalue weighted by molar-refractivity contribution is -0.385. The first-order valence-corrected chi connectivity index (χ1v) is 8.18. The van der Waals surface area contributed by atoms with E-state index in [2.05, 4.69) is 0 Å². The number of aliphatic hydroxyl groups is 1. The molecular weight excluding hydrogens is 296 g/mol. The number of rotatable bonds is 4. The van der Waals surface area contributed by atoms with Crippen LogP contribution in [0.5, 0.6) is 0 Å². The first kappa shape index (κ1) is 15.9. The highest BCUT2D eigenvalue weighted by Gasteiger charge is 2.34. The topological polar surface area (TPSA) is 101 Å². The minimum absolute atomic E-state index is 0.128. The van der Waals surface area contributed by atoms with Gasteiger partial charge in [0.25, 0.3) is 5.69 Å². The second-order valence-corrected chi connectivity index (χ2v) is 7.19. The summed E-state index contributed by atoms with van der Waals surface area (Å²) in [7, 11) is -2.45. The van der Waals surface area contributed by atoms with E-state index in [1.807, 2.05) is 0 Å². The fourth-order valence-corrected chi connectivity index (χ4v) is 4.07. The average Bonchev–Trinajstić information content (AvgIpc) is 2.47. The van der Waals surface area contributed by atoms with E-state index >= 15 is 0 Å². The molecule has 0 saturated heterocycles. The molecule has 21 heavy (non-hydrogen) atoms. The zero-order valence-electron chi connectivity index (χ0n) is 11.7. The number of likely N-dealkylation sites (N-methyl/N-ethyl adjacent to an activating group) is 1. The Bertz CT molecular complexity index is 631. The fourth-order valence-electron chi connectivity index (χ4n) is 2.62. The largest absolute Gasteiger partial charge is 0.391 e. The van der Waals surface area contributed by atoms with Gasteiger partial charge in [-0.15, -0.1) is 0 Å². The summed E-state index contributed by atoms with van der Waals surface area (Å²) in [5, 5.41) is 20.7. The molecule has 0 amide bonds. The molecule has 2 atom stereocenters. The Morgan fingerprint density at radius 2 is 2.00 bits per heavy atom. The molecule has 1 aromatic rings. The van der Waals surface area contributed by atoms with E-state index in [-0.39, 0.29) is 10.6 Å². The van der Waals surface area contributed by atoms with Crippen LogP contribution >= 0.6 is 0 Å². The lowest BCUT2D eigenvalue weighted by Crippen LogP contribution is -2.46. The minimum atomic E-state index is -3.86. The van der Waals surface area contributed by atoms with E-state index in [4.69, 9.17) is 0 Å². The minimum Gasteiger partial charge on any atom is -0.391 e. The molecule has 1 aliphatic rings. The third-order valence-corrected chi connectivity index (χ3v) is 5.75. The van der Waals surface area contributed by atoms with Gasteiger partial charge in [-0.3, -0.25) is 10.1 Å². The van der Waals surface area contributed by atoms with Crippen LogP contribution in [-0.2, 0) is 10.0 Å². The highest BCUT2D eigenvalue weighted by molar-refractivity contribution is 7.89. The predicted molar refractivity (Wildman–Crippen MR) is 76.3 cm³/mol. The molecule has 0 radical (unpaired) electrons. The molecule has 0 aliphatic heterocycles. The maximum absolute atomic E-state index is 12.5. The number of nitro groups is 1. The summed E-state index contributed by atoms with van der Waals surface area (Å²) in [5.41, 5.74) is -0.270. The SMILES string of the molecule is CN([C@@H]1CCCC[C@H]1O)S(=O)(=O)c1cccc([N+](=O)[O-])c1. The average molecular weight is 314 g/mol. The monoisotopic (exact) mass is 314 g/mol. The number of hydrogen-bond acceptors (Lipinski definition) is 5. The molecule has 2 rings (SSSR count). The van der Waals surface area contributed by atoms with Crippen LogP contribution in [0.2, 0.25) is 0 Å². The van der Waals surface area contributed by atoms with Crippen molar-refractivity contribution in [3.63, 3.8) is 0 Å². The number of nitrogens with zero attached hydrogens (tertiary/aromatic N) is 2. The molecule has 7 nitrogen and oxygen atoms in total. The van der Waals surface area contributed by atoms with Crippen molar-refractivity contribution in [1.82, 2.24) is 4.31 Å². The van der Waals surface area contributed by atoms with Crippen molar-refractivity contribution in [3.05, 3.63) is 34.4 Å². The molecular formula is C13H18N2O5S. The summed E-state index contributed by atoms with van der Waals surface area (Å²) in [6, 6.07) is 4.47. The fraction of sp³-hybridized carbons (Fsp3) is 0.538. The van der Waals surface area contributed by atoms with Gasteiger partial charge in [0.15, 0.2) is 0 Å². The number of hydrogen-bond donors (Lipinski definition) is 1. The van der Waals surface area contributed by atoms with Gasteiger partial charge in [-0.05, 0) is 18.9 Å². The molecule has 0 unspecified atom stereocenters. The Hall–Kier alpha value is -1.51. The number of benzene rings is 1. The number of nitro benzene ring substituents is 1. The third kappa shape index (κ3) is 3.22. The van der Waals surface area contributed by atoms with Crippen molar-refractivity contribution >= 4 is 15.7 Å². The van der Waals surface area contributed by atoms with Crippen LogP contribution in [0.25, 0.3) is 0 Å². The lowest BCUT2D eigenvalue weighted by atomic mass is 9.93. The number of non-ortho nitro benzene ring substituents is 1. The molecule has 0 aromatic heterocycles. The van der Waals surface area contributed by atoms with E-state index in [0.29, 0.717) is 12.8 Å². The van der Waals surface area contributed by atoms with Crippen molar-refractivity contribution in [3.8, 4) is 0 Å². The normalized spacial score (nSPS) is 23.2. The smallest absolute Gasteiger partial charge is 0.270 e. The van der Waals surface area contributed by atoms with Crippen molar-refractivity contribution in [2.75, 3.05) is 7.05 Å². The molecule has 1 fully saturated rings. The van der Waals surface area contributed by atoms with Gasteiger partial charge < -0.3 is 5.11 Å². The zero-order valence-corrected chi connectivity index (χ0v) is 12.5. The molecule has 1 aromatic carbocycles. The lowest BCUT2D eigenvalue weighted by Gasteiger charge is -2.34. The summed E-state index contributed by atoms with van der Waals surface area (Å²) in [5.74, 6) is 0. The van der Waals surface area contributed by atoms with E-state index in [1.165, 1.54) is 25.2 Å². The van der Waals surface area contributed by atoms with Crippen LogP contribution in [0.15, 0.2) is 29.2 Å². The van der Waals surface area contributed by atoms with E-state index in [1.54, 1.807) is 0 Å². The summed E-state index contributed by atoms with van der Waals surface area (Å²) in [4.78, 5) is 10.0.